The second kappa shape index (κ2) is 9.19. The smallest absolute Gasteiger partial charge is 0.405 e. The number of likely N-dealkylation sites (tertiary alicyclic amines) is 1. The number of thiazole rings is 1. The summed E-state index contributed by atoms with van der Waals surface area (Å²) in [6.07, 6.45) is 0.0650. The predicted molar refractivity (Wildman–Crippen MR) is 129 cm³/mol. The van der Waals surface area contributed by atoms with Crippen LogP contribution in [0.5, 0.6) is 0 Å². The maximum Gasteiger partial charge on any atom is 0.405 e. The molecule has 3 heterocycles. The molecule has 1 aliphatic heterocycles. The molecule has 1 aliphatic rings. The van der Waals surface area contributed by atoms with E-state index in [4.69, 9.17) is 0 Å². The van der Waals surface area contributed by atoms with Crippen LogP contribution in [-0.4, -0.2) is 60.8 Å². The van der Waals surface area contributed by atoms with Gasteiger partial charge in [0.05, 0.1) is 40.1 Å². The molecular weight excluding hydrogens is 454 g/mol. The number of nitrogens with one attached hydrogen (secondary N) is 2. The molecule has 2 aromatic heterocycles. The van der Waals surface area contributed by atoms with Crippen molar-refractivity contribution in [2.75, 3.05) is 6.54 Å². The molecule has 0 spiro atoms. The second-order valence-electron chi connectivity index (χ2n) is 9.67. The number of benzene rings is 1. The van der Waals surface area contributed by atoms with E-state index in [-0.39, 0.29) is 12.5 Å². The molecule has 9 nitrogen and oxygen atoms in total. The molecule has 4 rings (SSSR count). The largest absolute Gasteiger partial charge is 0.465 e. The first kappa shape index (κ1) is 23.9. The molecule has 1 aromatic carbocycles. The number of carbonyl (C=O) groups excluding carboxylic acids is 1. The van der Waals surface area contributed by atoms with Crippen LogP contribution in [0.25, 0.3) is 21.7 Å². The molecule has 3 atom stereocenters. The maximum absolute atomic E-state index is 13.4. The number of nitrogens with zero attached hydrogens (tertiary/aromatic N) is 3. The highest BCUT2D eigenvalue weighted by atomic mass is 32.1. The van der Waals surface area contributed by atoms with Crippen LogP contribution >= 0.6 is 11.3 Å². The van der Waals surface area contributed by atoms with Gasteiger partial charge in [-0.25, -0.2) is 14.8 Å². The average molecular weight is 484 g/mol. The zero-order chi connectivity index (χ0) is 24.6. The summed E-state index contributed by atoms with van der Waals surface area (Å²) in [5.41, 5.74) is 5.03. The van der Waals surface area contributed by atoms with Crippen molar-refractivity contribution >= 4 is 23.3 Å². The Bertz CT molecular complexity index is 1180. The lowest BCUT2D eigenvalue weighted by Crippen LogP contribution is -2.54. The molecule has 10 heteroatoms. The maximum atomic E-state index is 13.4. The summed E-state index contributed by atoms with van der Waals surface area (Å²) >= 11 is 1.60. The summed E-state index contributed by atoms with van der Waals surface area (Å²) in [6.45, 7) is 7.51. The Morgan fingerprint density at radius 3 is 2.47 bits per heavy atom. The third-order valence-corrected chi connectivity index (χ3v) is 7.04. The number of hydrogen-bond donors (Lipinski definition) is 4. The quantitative estimate of drug-likeness (QED) is 0.436. The number of aryl methyl sites for hydroxylation is 1. The van der Waals surface area contributed by atoms with Gasteiger partial charge in [-0.1, -0.05) is 45.0 Å². The minimum Gasteiger partial charge on any atom is -0.465 e. The summed E-state index contributed by atoms with van der Waals surface area (Å²) in [6, 6.07) is 6.66. The molecule has 3 aromatic rings. The number of aromatic amines is 1. The summed E-state index contributed by atoms with van der Waals surface area (Å²) in [5, 5.41) is 21.9. The van der Waals surface area contributed by atoms with E-state index in [1.165, 1.54) is 4.90 Å². The van der Waals surface area contributed by atoms with E-state index in [1.54, 1.807) is 38.3 Å². The van der Waals surface area contributed by atoms with Gasteiger partial charge in [-0.3, -0.25) is 4.79 Å². The van der Waals surface area contributed by atoms with E-state index in [2.05, 4.69) is 20.3 Å². The normalized spacial score (nSPS) is 19.3. The third kappa shape index (κ3) is 4.83. The van der Waals surface area contributed by atoms with Gasteiger partial charge >= 0.3 is 6.09 Å². The number of β-amino-alcohol motifs (C(OH)–C–C–N with tert-alkyl or cyclic N) is 1. The van der Waals surface area contributed by atoms with Crippen molar-refractivity contribution < 1.29 is 19.8 Å². The zero-order valence-corrected chi connectivity index (χ0v) is 20.4. The Morgan fingerprint density at radius 1 is 1.21 bits per heavy atom. The van der Waals surface area contributed by atoms with E-state index in [0.717, 1.165) is 27.4 Å². The van der Waals surface area contributed by atoms with Crippen molar-refractivity contribution in [1.29, 1.82) is 0 Å². The van der Waals surface area contributed by atoms with Gasteiger partial charge in [-0.2, -0.15) is 0 Å². The minimum absolute atomic E-state index is 0.121. The topological polar surface area (TPSA) is 131 Å². The number of H-pyrrole nitrogens is 1. The van der Waals surface area contributed by atoms with Gasteiger partial charge in [0.15, 0.2) is 0 Å². The van der Waals surface area contributed by atoms with Crippen molar-refractivity contribution in [3.63, 3.8) is 0 Å². The molecule has 0 aliphatic carbocycles. The molecule has 4 N–H and O–H groups in total. The molecule has 1 fully saturated rings. The average Bonchev–Trinajstić information content (AvgIpc) is 3.50. The zero-order valence-electron chi connectivity index (χ0n) is 19.6. The van der Waals surface area contributed by atoms with Crippen LogP contribution in [0.2, 0.25) is 0 Å². The van der Waals surface area contributed by atoms with Crippen LogP contribution in [0, 0.1) is 12.3 Å². The lowest BCUT2D eigenvalue weighted by molar-refractivity contribution is -0.137. The Kier molecular flexibility index (Phi) is 6.46. The molecule has 0 radical (unpaired) electrons. The Hall–Kier alpha value is -3.24. The SMILES string of the molecule is Cc1ncsc1-c1ccc(-c2cnc([C@@H]3C[C@@H](O)CN3C(=O)[C@@H](NC(=O)O)C(C)(C)C)[nH]2)cc1. The Morgan fingerprint density at radius 2 is 1.88 bits per heavy atom. The van der Waals surface area contributed by atoms with Crippen LogP contribution in [-0.2, 0) is 4.79 Å². The molecule has 2 amide bonds. The monoisotopic (exact) mass is 483 g/mol. The summed E-state index contributed by atoms with van der Waals surface area (Å²) in [7, 11) is 0. The van der Waals surface area contributed by atoms with E-state index < -0.39 is 29.7 Å². The number of hydrogen-bond acceptors (Lipinski definition) is 6. The van der Waals surface area contributed by atoms with Crippen LogP contribution in [0.15, 0.2) is 36.0 Å². The Labute approximate surface area is 201 Å². The fourth-order valence-electron chi connectivity index (χ4n) is 4.29. The van der Waals surface area contributed by atoms with Gasteiger partial charge in [0.1, 0.15) is 11.9 Å². The van der Waals surface area contributed by atoms with Crippen molar-refractivity contribution in [2.45, 2.75) is 52.3 Å². The number of carbonyl (C=O) groups is 2. The number of aliphatic hydroxyl groups is 1. The number of carboxylic acid groups (broad SMARTS) is 1. The second-order valence-corrected chi connectivity index (χ2v) is 10.5. The molecule has 0 unspecified atom stereocenters. The molecular formula is C24H29N5O4S. The molecule has 0 bridgehead atoms. The fourth-order valence-corrected chi connectivity index (χ4v) is 5.10. The van der Waals surface area contributed by atoms with E-state index in [0.29, 0.717) is 12.2 Å². The van der Waals surface area contributed by atoms with Crippen molar-refractivity contribution in [1.82, 2.24) is 25.2 Å². The molecule has 1 saturated heterocycles. The highest BCUT2D eigenvalue weighted by molar-refractivity contribution is 7.13. The molecule has 0 saturated carbocycles. The fraction of sp³-hybridized carbons (Fsp3) is 0.417. The first-order valence-electron chi connectivity index (χ1n) is 11.1. The van der Waals surface area contributed by atoms with Gasteiger partial charge in [0.2, 0.25) is 5.91 Å². The number of rotatable bonds is 5. The number of aromatic nitrogens is 3. The first-order valence-corrected chi connectivity index (χ1v) is 12.0. The van der Waals surface area contributed by atoms with Gasteiger partial charge in [0, 0.05) is 13.0 Å². The third-order valence-electron chi connectivity index (χ3n) is 6.06. The van der Waals surface area contributed by atoms with Crippen molar-refractivity contribution in [2.24, 2.45) is 5.41 Å². The minimum atomic E-state index is -1.26. The number of imidazole rings is 1. The summed E-state index contributed by atoms with van der Waals surface area (Å²) in [5.74, 6) is 0.184. The van der Waals surface area contributed by atoms with E-state index in [1.807, 2.05) is 36.7 Å². The molecule has 34 heavy (non-hydrogen) atoms. The van der Waals surface area contributed by atoms with Crippen LogP contribution in [0.3, 0.4) is 0 Å². The lowest BCUT2D eigenvalue weighted by atomic mass is 9.85. The highest BCUT2D eigenvalue weighted by Crippen LogP contribution is 2.35. The predicted octanol–water partition coefficient (Wildman–Crippen LogP) is 3.83. The number of aliphatic hydroxyl groups excluding tert-OH is 1. The van der Waals surface area contributed by atoms with Crippen LogP contribution in [0.1, 0.15) is 44.8 Å². The van der Waals surface area contributed by atoms with Gasteiger partial charge in [-0.15, -0.1) is 11.3 Å². The highest BCUT2D eigenvalue weighted by Gasteiger charge is 2.43. The standard InChI is InChI=1S/C24H29N5O4S/c1-13-19(34-12-26-13)15-7-5-14(6-8-15)17-10-25-21(27-17)18-9-16(30)11-29(18)22(31)20(24(2,3)4)28-23(32)33/h5-8,10,12,16,18,20,28,30H,9,11H2,1-4H3,(H,25,27)(H,32,33)/t16-,18+,20-/m1/s1. The van der Waals surface area contributed by atoms with Gasteiger partial charge in [0.25, 0.3) is 0 Å². The van der Waals surface area contributed by atoms with Crippen molar-refractivity contribution in [3.8, 4) is 21.7 Å². The Balaban J connectivity index is 1.57. The van der Waals surface area contributed by atoms with E-state index >= 15 is 0 Å². The first-order chi connectivity index (χ1) is 16.0. The van der Waals surface area contributed by atoms with Crippen molar-refractivity contribution in [3.05, 3.63) is 47.5 Å². The summed E-state index contributed by atoms with van der Waals surface area (Å²) in [4.78, 5) is 39.4. The molecule has 180 valence electrons. The van der Waals surface area contributed by atoms with Gasteiger partial charge in [-0.05, 0) is 23.5 Å². The van der Waals surface area contributed by atoms with Crippen LogP contribution in [0.4, 0.5) is 4.79 Å². The van der Waals surface area contributed by atoms with Crippen LogP contribution < -0.4 is 5.32 Å². The number of amides is 2. The van der Waals surface area contributed by atoms with E-state index in [9.17, 15) is 19.8 Å². The summed E-state index contributed by atoms with van der Waals surface area (Å²) < 4.78 is 0. The lowest BCUT2D eigenvalue weighted by Gasteiger charge is -2.34. The van der Waals surface area contributed by atoms with Gasteiger partial charge < -0.3 is 25.4 Å².